The Morgan fingerprint density at radius 3 is 1.76 bits per heavy atom. The first kappa shape index (κ1) is 33.0. The molecule has 0 saturated heterocycles. The van der Waals surface area contributed by atoms with Crippen LogP contribution in [0.2, 0.25) is 0 Å². The van der Waals surface area contributed by atoms with Crippen LogP contribution in [0.25, 0.3) is 0 Å². The summed E-state index contributed by atoms with van der Waals surface area (Å²) in [6, 6.07) is -5.77. The molecular formula is C20H37N9O8. The van der Waals surface area contributed by atoms with Crippen LogP contribution < -0.4 is 44.6 Å². The maximum Gasteiger partial charge on any atom is 0.326 e. The number of unbranched alkanes of at least 4 members (excludes halogenated alkanes) is 1. The lowest BCUT2D eigenvalue weighted by molar-refractivity contribution is -0.143. The zero-order valence-corrected chi connectivity index (χ0v) is 20.4. The van der Waals surface area contributed by atoms with Crippen molar-refractivity contribution in [1.82, 2.24) is 16.0 Å². The third-order valence-corrected chi connectivity index (χ3v) is 4.92. The molecule has 4 unspecified atom stereocenters. The first-order chi connectivity index (χ1) is 17.3. The van der Waals surface area contributed by atoms with Gasteiger partial charge in [-0.1, -0.05) is 6.42 Å². The zero-order chi connectivity index (χ0) is 28.5. The van der Waals surface area contributed by atoms with E-state index in [1.807, 2.05) is 0 Å². The number of nitrogens with one attached hydrogen (secondary N) is 3. The number of rotatable bonds is 19. The Balaban J connectivity index is 5.45. The molecule has 0 aromatic heterocycles. The Hall–Kier alpha value is -3.99. The molecule has 0 heterocycles. The van der Waals surface area contributed by atoms with Gasteiger partial charge < -0.3 is 54.8 Å². The van der Waals surface area contributed by atoms with Crippen molar-refractivity contribution in [3.63, 3.8) is 0 Å². The number of primary amides is 1. The molecule has 0 rings (SSSR count). The van der Waals surface area contributed by atoms with E-state index in [9.17, 15) is 33.9 Å². The van der Waals surface area contributed by atoms with Crippen molar-refractivity contribution in [3.8, 4) is 0 Å². The highest BCUT2D eigenvalue weighted by atomic mass is 16.4. The number of aliphatic imine (C=N–C) groups is 1. The van der Waals surface area contributed by atoms with Gasteiger partial charge in [-0.15, -0.1) is 0 Å². The second-order valence-corrected chi connectivity index (χ2v) is 8.13. The molecule has 0 aliphatic rings. The molecule has 0 aromatic rings. The van der Waals surface area contributed by atoms with Crippen molar-refractivity contribution >= 4 is 41.5 Å². The number of carbonyl (C=O) groups excluding carboxylic acids is 4. The van der Waals surface area contributed by atoms with E-state index in [0.29, 0.717) is 19.4 Å². The lowest BCUT2D eigenvalue weighted by Crippen LogP contribution is -2.58. The Labute approximate surface area is 212 Å². The number of amides is 4. The maximum absolute atomic E-state index is 12.8. The topological polar surface area (TPSA) is 321 Å². The summed E-state index contributed by atoms with van der Waals surface area (Å²) in [5, 5.41) is 25.1. The SMILES string of the molecule is NCCCCC(N)C(=O)NC(CC(=O)O)C(=O)NC(CC(N)=O)C(=O)NC(CCCN=C(N)N)C(=O)O. The summed E-state index contributed by atoms with van der Waals surface area (Å²) in [6.45, 7) is 0.481. The van der Waals surface area contributed by atoms with Gasteiger partial charge in [0.15, 0.2) is 5.96 Å². The van der Waals surface area contributed by atoms with Crippen molar-refractivity contribution in [1.29, 1.82) is 0 Å². The van der Waals surface area contributed by atoms with Crippen molar-refractivity contribution in [3.05, 3.63) is 0 Å². The predicted molar refractivity (Wildman–Crippen MR) is 130 cm³/mol. The van der Waals surface area contributed by atoms with Crippen molar-refractivity contribution in [2.45, 2.75) is 69.1 Å². The quantitative estimate of drug-likeness (QED) is 0.0427. The minimum atomic E-state index is -1.66. The Bertz CT molecular complexity index is 848. The minimum Gasteiger partial charge on any atom is -0.481 e. The highest BCUT2D eigenvalue weighted by Crippen LogP contribution is 2.04. The van der Waals surface area contributed by atoms with E-state index >= 15 is 0 Å². The van der Waals surface area contributed by atoms with Crippen molar-refractivity contribution in [2.24, 2.45) is 33.7 Å². The average Bonchev–Trinajstić information content (AvgIpc) is 2.78. The molecular weight excluding hydrogens is 494 g/mol. The third kappa shape index (κ3) is 14.9. The highest BCUT2D eigenvalue weighted by Gasteiger charge is 2.32. The monoisotopic (exact) mass is 531 g/mol. The summed E-state index contributed by atoms with van der Waals surface area (Å²) < 4.78 is 0. The number of carboxylic acids is 2. The number of hydrogen-bond donors (Lipinski definition) is 10. The molecule has 4 amide bonds. The van der Waals surface area contributed by atoms with Crippen LogP contribution in [0, 0.1) is 0 Å². The van der Waals surface area contributed by atoms with Gasteiger partial charge in [0.1, 0.15) is 18.1 Å². The number of nitrogens with two attached hydrogens (primary N) is 5. The van der Waals surface area contributed by atoms with Crippen LogP contribution in [0.4, 0.5) is 0 Å². The maximum atomic E-state index is 12.8. The molecule has 17 heteroatoms. The van der Waals surface area contributed by atoms with Crippen LogP contribution in [0.1, 0.15) is 44.9 Å². The van der Waals surface area contributed by atoms with Gasteiger partial charge >= 0.3 is 11.9 Å². The molecule has 37 heavy (non-hydrogen) atoms. The van der Waals surface area contributed by atoms with Gasteiger partial charge in [-0.2, -0.15) is 0 Å². The summed E-state index contributed by atoms with van der Waals surface area (Å²) in [5.41, 5.74) is 26.7. The van der Waals surface area contributed by atoms with E-state index in [4.69, 9.17) is 33.8 Å². The Morgan fingerprint density at radius 1 is 0.730 bits per heavy atom. The smallest absolute Gasteiger partial charge is 0.326 e. The lowest BCUT2D eigenvalue weighted by Gasteiger charge is -2.24. The van der Waals surface area contributed by atoms with Crippen LogP contribution in [0.3, 0.4) is 0 Å². The van der Waals surface area contributed by atoms with Crippen molar-refractivity contribution < 1.29 is 39.0 Å². The molecule has 17 nitrogen and oxygen atoms in total. The number of hydrogen-bond acceptors (Lipinski definition) is 9. The molecule has 0 aliphatic heterocycles. The van der Waals surface area contributed by atoms with Crippen LogP contribution in [0.15, 0.2) is 4.99 Å². The molecule has 0 aromatic carbocycles. The van der Waals surface area contributed by atoms with Gasteiger partial charge in [-0.25, -0.2) is 4.79 Å². The van der Waals surface area contributed by atoms with Gasteiger partial charge in [0.2, 0.25) is 23.6 Å². The third-order valence-electron chi connectivity index (χ3n) is 4.92. The predicted octanol–water partition coefficient (Wildman–Crippen LogP) is -4.61. The van der Waals surface area contributed by atoms with Crippen LogP contribution in [-0.4, -0.2) is 89.0 Å². The largest absolute Gasteiger partial charge is 0.481 e. The second-order valence-electron chi connectivity index (χ2n) is 8.13. The summed E-state index contributed by atoms with van der Waals surface area (Å²) >= 11 is 0. The van der Waals surface area contributed by atoms with E-state index in [1.165, 1.54) is 0 Å². The van der Waals surface area contributed by atoms with Crippen LogP contribution >= 0.6 is 0 Å². The van der Waals surface area contributed by atoms with Crippen LogP contribution in [-0.2, 0) is 28.8 Å². The van der Waals surface area contributed by atoms with Gasteiger partial charge in [0, 0.05) is 6.54 Å². The first-order valence-corrected chi connectivity index (χ1v) is 11.4. The molecule has 0 saturated carbocycles. The number of carbonyl (C=O) groups is 6. The van der Waals surface area contributed by atoms with Gasteiger partial charge in [-0.05, 0) is 32.2 Å². The summed E-state index contributed by atoms with van der Waals surface area (Å²) in [6.07, 6.45) is -0.134. The molecule has 0 radical (unpaired) electrons. The van der Waals surface area contributed by atoms with Gasteiger partial charge in [0.25, 0.3) is 0 Å². The highest BCUT2D eigenvalue weighted by molar-refractivity contribution is 5.97. The van der Waals surface area contributed by atoms with Crippen LogP contribution in [0.5, 0.6) is 0 Å². The molecule has 0 spiro atoms. The molecule has 0 aliphatic carbocycles. The normalized spacial score (nSPS) is 13.8. The van der Waals surface area contributed by atoms with E-state index in [2.05, 4.69) is 20.9 Å². The number of guanidine groups is 1. The molecule has 4 atom stereocenters. The fourth-order valence-electron chi connectivity index (χ4n) is 3.02. The van der Waals surface area contributed by atoms with E-state index in [0.717, 1.165) is 0 Å². The van der Waals surface area contributed by atoms with Crippen molar-refractivity contribution in [2.75, 3.05) is 13.1 Å². The number of nitrogens with zero attached hydrogens (tertiary/aromatic N) is 1. The van der Waals surface area contributed by atoms with E-state index in [1.54, 1.807) is 0 Å². The van der Waals surface area contributed by atoms with Gasteiger partial charge in [0.05, 0.1) is 18.9 Å². The molecule has 15 N–H and O–H groups in total. The average molecular weight is 532 g/mol. The minimum absolute atomic E-state index is 0.0885. The molecule has 210 valence electrons. The Kier molecular flexibility index (Phi) is 15.6. The summed E-state index contributed by atoms with van der Waals surface area (Å²) in [7, 11) is 0. The van der Waals surface area contributed by atoms with E-state index in [-0.39, 0.29) is 31.8 Å². The molecule has 0 bridgehead atoms. The second kappa shape index (κ2) is 17.4. The van der Waals surface area contributed by atoms with E-state index < -0.39 is 72.6 Å². The summed E-state index contributed by atoms with van der Waals surface area (Å²) in [4.78, 5) is 75.7. The Morgan fingerprint density at radius 2 is 1.27 bits per heavy atom. The molecule has 0 fully saturated rings. The lowest BCUT2D eigenvalue weighted by atomic mass is 10.1. The fourth-order valence-corrected chi connectivity index (χ4v) is 3.02. The fraction of sp³-hybridized carbons (Fsp3) is 0.650. The summed E-state index contributed by atoms with van der Waals surface area (Å²) in [5.74, 6) is -7.05. The number of carboxylic acid groups (broad SMARTS) is 2. The zero-order valence-electron chi connectivity index (χ0n) is 20.4. The van der Waals surface area contributed by atoms with Gasteiger partial charge in [-0.3, -0.25) is 29.0 Å². The standard InChI is InChI=1S/C20H37N9O8/c21-6-2-1-4-10(22)16(33)28-13(9-15(31)32)18(35)29-12(8-14(23)30)17(34)27-11(19(36)37)5-3-7-26-20(24)25/h10-13H,1-9,21-22H2,(H2,23,30)(H,27,34)(H,28,33)(H,29,35)(H,31,32)(H,36,37)(H4,24,25,26). The number of aliphatic carboxylic acids is 2. The first-order valence-electron chi connectivity index (χ1n) is 11.4.